The molecule has 1 aliphatic heterocycles. The van der Waals surface area contributed by atoms with E-state index < -0.39 is 0 Å². The minimum atomic E-state index is -0.211. The van der Waals surface area contributed by atoms with Crippen LogP contribution in [0.15, 0.2) is 18.2 Å². The predicted octanol–water partition coefficient (Wildman–Crippen LogP) is 1.71. The lowest BCUT2D eigenvalue weighted by Gasteiger charge is -2.21. The first-order valence-corrected chi connectivity index (χ1v) is 5.68. The van der Waals surface area contributed by atoms with Gasteiger partial charge in [-0.25, -0.2) is 0 Å². The third-order valence-corrected chi connectivity index (χ3v) is 2.79. The molecule has 1 aromatic carbocycles. The highest BCUT2D eigenvalue weighted by atomic mass is 16.7. The molecule has 2 rings (SSSR count). The van der Waals surface area contributed by atoms with E-state index in [0.717, 1.165) is 31.1 Å². The van der Waals surface area contributed by atoms with Crippen molar-refractivity contribution in [3.05, 3.63) is 18.2 Å². The minimum absolute atomic E-state index is 0.211. The molecule has 0 saturated carbocycles. The fourth-order valence-electron chi connectivity index (χ4n) is 1.79. The van der Waals surface area contributed by atoms with E-state index in [0.29, 0.717) is 5.69 Å². The first kappa shape index (κ1) is 11.1. The predicted molar refractivity (Wildman–Crippen MR) is 63.7 cm³/mol. The van der Waals surface area contributed by atoms with Crippen molar-refractivity contribution in [1.82, 2.24) is 4.90 Å². The van der Waals surface area contributed by atoms with Crippen LogP contribution in [0.25, 0.3) is 0 Å². The molecular weight excluding hydrogens is 204 g/mol. The highest BCUT2D eigenvalue weighted by Crippen LogP contribution is 2.36. The first-order valence-electron chi connectivity index (χ1n) is 5.68. The molecule has 0 fully saturated rings. The summed E-state index contributed by atoms with van der Waals surface area (Å²) in [5.74, 6) is 1.53. The largest absolute Gasteiger partial charge is 0.450 e. The van der Waals surface area contributed by atoms with Crippen molar-refractivity contribution in [1.29, 1.82) is 0 Å². The van der Waals surface area contributed by atoms with Crippen LogP contribution in [0.3, 0.4) is 0 Å². The average Bonchev–Trinajstić information content (AvgIpc) is 2.67. The van der Waals surface area contributed by atoms with Crippen molar-refractivity contribution in [3.63, 3.8) is 0 Å². The molecule has 1 aromatic rings. The summed E-state index contributed by atoms with van der Waals surface area (Å²) >= 11 is 0. The topological polar surface area (TPSA) is 47.7 Å². The molecule has 4 nitrogen and oxygen atoms in total. The number of ether oxygens (including phenoxy) is 2. The van der Waals surface area contributed by atoms with Crippen LogP contribution in [-0.2, 0) is 0 Å². The van der Waals surface area contributed by atoms with E-state index in [2.05, 4.69) is 18.7 Å². The number of anilines is 1. The Kier molecular flexibility index (Phi) is 3.19. The van der Waals surface area contributed by atoms with Crippen LogP contribution in [0.4, 0.5) is 5.69 Å². The molecule has 0 bridgehead atoms. The zero-order valence-corrected chi connectivity index (χ0v) is 9.77. The van der Waals surface area contributed by atoms with E-state index in [1.807, 2.05) is 12.1 Å². The van der Waals surface area contributed by atoms with Gasteiger partial charge in [0.2, 0.25) is 0 Å². The molecule has 16 heavy (non-hydrogen) atoms. The summed E-state index contributed by atoms with van der Waals surface area (Å²) in [4.78, 5) is 2.26. The molecule has 0 saturated heterocycles. The second kappa shape index (κ2) is 4.61. The van der Waals surface area contributed by atoms with E-state index in [4.69, 9.17) is 15.2 Å². The van der Waals surface area contributed by atoms with Gasteiger partial charge >= 0.3 is 0 Å². The summed E-state index contributed by atoms with van der Waals surface area (Å²) in [5.41, 5.74) is 6.38. The number of fused-ring (bicyclic) bond motifs is 1. The smallest absolute Gasteiger partial charge is 0.254 e. The Morgan fingerprint density at radius 1 is 1.19 bits per heavy atom. The number of benzene rings is 1. The third-order valence-electron chi connectivity index (χ3n) is 2.79. The van der Waals surface area contributed by atoms with E-state index in [1.165, 1.54) is 0 Å². The number of hydrogen-bond acceptors (Lipinski definition) is 4. The van der Waals surface area contributed by atoms with Crippen LogP contribution in [0.5, 0.6) is 11.5 Å². The number of nitrogen functional groups attached to an aromatic ring is 1. The third kappa shape index (κ3) is 2.22. The van der Waals surface area contributed by atoms with Gasteiger partial charge in [-0.05, 0) is 25.2 Å². The molecule has 1 heterocycles. The van der Waals surface area contributed by atoms with Crippen LogP contribution in [0, 0.1) is 0 Å². The number of rotatable bonds is 4. The summed E-state index contributed by atoms with van der Waals surface area (Å²) in [6.45, 7) is 7.03. The molecule has 0 radical (unpaired) electrons. The van der Waals surface area contributed by atoms with Crippen molar-refractivity contribution >= 4 is 5.69 Å². The quantitative estimate of drug-likeness (QED) is 0.788. The lowest BCUT2D eigenvalue weighted by atomic mass is 10.3. The van der Waals surface area contributed by atoms with Gasteiger partial charge in [-0.15, -0.1) is 0 Å². The first-order chi connectivity index (χ1) is 7.72. The Bertz CT molecular complexity index is 364. The van der Waals surface area contributed by atoms with E-state index in [-0.39, 0.29) is 6.29 Å². The Morgan fingerprint density at radius 3 is 2.56 bits per heavy atom. The summed E-state index contributed by atoms with van der Waals surface area (Å²) in [6, 6.07) is 5.48. The molecule has 0 aromatic heterocycles. The maximum absolute atomic E-state index is 5.68. The molecule has 4 heteroatoms. The number of nitrogens with zero attached hydrogens (tertiary/aromatic N) is 1. The Hall–Kier alpha value is -1.42. The molecule has 1 aliphatic rings. The van der Waals surface area contributed by atoms with E-state index >= 15 is 0 Å². The van der Waals surface area contributed by atoms with Crippen LogP contribution >= 0.6 is 0 Å². The van der Waals surface area contributed by atoms with E-state index in [1.54, 1.807) is 6.07 Å². The summed E-state index contributed by atoms with van der Waals surface area (Å²) < 4.78 is 11.4. The highest BCUT2D eigenvalue weighted by molar-refractivity contribution is 5.53. The molecule has 0 aliphatic carbocycles. The number of likely N-dealkylation sites (N-methyl/N-ethyl adjacent to an activating group) is 1. The second-order valence-corrected chi connectivity index (χ2v) is 3.86. The average molecular weight is 222 g/mol. The number of nitrogens with two attached hydrogens (primary N) is 1. The molecule has 88 valence electrons. The standard InChI is InChI=1S/C12H18N2O2/c1-3-14(4-2)8-12-15-10-6-5-9(13)7-11(10)16-12/h5-7,12H,3-4,8,13H2,1-2H3. The maximum atomic E-state index is 5.68. The van der Waals surface area contributed by atoms with Gasteiger partial charge in [0.25, 0.3) is 6.29 Å². The molecule has 2 N–H and O–H groups in total. The number of hydrogen-bond donors (Lipinski definition) is 1. The van der Waals surface area contributed by atoms with Gasteiger partial charge in [-0.1, -0.05) is 13.8 Å². The molecule has 0 amide bonds. The van der Waals surface area contributed by atoms with Crippen molar-refractivity contribution in [2.45, 2.75) is 20.1 Å². The van der Waals surface area contributed by atoms with Gasteiger partial charge in [0.15, 0.2) is 11.5 Å². The summed E-state index contributed by atoms with van der Waals surface area (Å²) in [7, 11) is 0. The Labute approximate surface area is 95.9 Å². The molecule has 1 atom stereocenters. The van der Waals surface area contributed by atoms with Crippen LogP contribution in [0.1, 0.15) is 13.8 Å². The van der Waals surface area contributed by atoms with Crippen molar-refractivity contribution in [2.75, 3.05) is 25.4 Å². The second-order valence-electron chi connectivity index (χ2n) is 3.86. The molecule has 1 unspecified atom stereocenters. The van der Waals surface area contributed by atoms with Gasteiger partial charge in [0.1, 0.15) is 0 Å². The fraction of sp³-hybridized carbons (Fsp3) is 0.500. The van der Waals surface area contributed by atoms with Crippen molar-refractivity contribution in [2.24, 2.45) is 0 Å². The normalized spacial score (nSPS) is 18.1. The summed E-state index contributed by atoms with van der Waals surface area (Å²) in [5, 5.41) is 0. The SMILES string of the molecule is CCN(CC)CC1Oc2ccc(N)cc2O1. The van der Waals surface area contributed by atoms with Crippen molar-refractivity contribution in [3.8, 4) is 11.5 Å². The summed E-state index contributed by atoms with van der Waals surface area (Å²) in [6.07, 6.45) is -0.211. The van der Waals surface area contributed by atoms with Crippen LogP contribution in [0.2, 0.25) is 0 Å². The van der Waals surface area contributed by atoms with Gasteiger partial charge in [-0.2, -0.15) is 0 Å². The van der Waals surface area contributed by atoms with Gasteiger partial charge in [0, 0.05) is 11.8 Å². The van der Waals surface area contributed by atoms with E-state index in [9.17, 15) is 0 Å². The van der Waals surface area contributed by atoms with Crippen LogP contribution < -0.4 is 15.2 Å². The van der Waals surface area contributed by atoms with Crippen LogP contribution in [-0.4, -0.2) is 30.8 Å². The molecule has 0 spiro atoms. The fourth-order valence-corrected chi connectivity index (χ4v) is 1.79. The van der Waals surface area contributed by atoms with Gasteiger partial charge in [-0.3, -0.25) is 4.90 Å². The minimum Gasteiger partial charge on any atom is -0.450 e. The highest BCUT2D eigenvalue weighted by Gasteiger charge is 2.25. The lowest BCUT2D eigenvalue weighted by molar-refractivity contribution is 0.0176. The Balaban J connectivity index is 2.00. The van der Waals surface area contributed by atoms with Gasteiger partial charge < -0.3 is 15.2 Å². The zero-order chi connectivity index (χ0) is 11.5. The zero-order valence-electron chi connectivity index (χ0n) is 9.77. The monoisotopic (exact) mass is 222 g/mol. The van der Waals surface area contributed by atoms with Gasteiger partial charge in [0.05, 0.1) is 6.54 Å². The maximum Gasteiger partial charge on any atom is 0.254 e. The molecular formula is C12H18N2O2. The Morgan fingerprint density at radius 2 is 1.88 bits per heavy atom. The lowest BCUT2D eigenvalue weighted by Crippen LogP contribution is -2.36. The van der Waals surface area contributed by atoms with Crippen molar-refractivity contribution < 1.29 is 9.47 Å².